The van der Waals surface area contributed by atoms with E-state index in [2.05, 4.69) is 5.32 Å². The number of rotatable bonds is 12. The van der Waals surface area contributed by atoms with Crippen LogP contribution >= 0.6 is 0 Å². The molecule has 0 aromatic carbocycles. The molecule has 4 atom stereocenters. The highest BCUT2D eigenvalue weighted by Gasteiger charge is 2.36. The van der Waals surface area contributed by atoms with Gasteiger partial charge in [-0.2, -0.15) is 0 Å². The Balaban J connectivity index is 2.07. The van der Waals surface area contributed by atoms with Gasteiger partial charge in [0.05, 0.1) is 18.6 Å². The summed E-state index contributed by atoms with van der Waals surface area (Å²) in [7, 11) is 0. The predicted octanol–water partition coefficient (Wildman–Crippen LogP) is 4.36. The van der Waals surface area contributed by atoms with Crippen molar-refractivity contribution in [1.82, 2.24) is 5.32 Å². The number of nitrogens with one attached hydrogen (secondary N) is 1. The number of ether oxygens (including phenoxy) is 1. The van der Waals surface area contributed by atoms with Crippen molar-refractivity contribution in [3.63, 3.8) is 0 Å². The molecule has 0 unspecified atom stereocenters. The highest BCUT2D eigenvalue weighted by molar-refractivity contribution is 5.84. The summed E-state index contributed by atoms with van der Waals surface area (Å²) in [4.78, 5) is 25.7. The van der Waals surface area contributed by atoms with Crippen LogP contribution < -0.4 is 5.32 Å². The smallest absolute Gasteiger partial charge is 0.307 e. The van der Waals surface area contributed by atoms with Gasteiger partial charge in [0.25, 0.3) is 0 Å². The van der Waals surface area contributed by atoms with Crippen molar-refractivity contribution >= 4 is 11.9 Å². The summed E-state index contributed by atoms with van der Waals surface area (Å²) in [5.41, 5.74) is -0.585. The number of aliphatic hydroxyl groups excluding tert-OH is 2. The molecule has 2 rings (SSSR count). The molecule has 0 heterocycles. The lowest BCUT2D eigenvalue weighted by atomic mass is 9.82. The van der Waals surface area contributed by atoms with E-state index in [0.29, 0.717) is 31.1 Å². The Kier molecular flexibility index (Phi) is 10.5. The number of hydrogen-bond acceptors (Lipinski definition) is 5. The summed E-state index contributed by atoms with van der Waals surface area (Å²) in [6, 6.07) is -0.500. The third kappa shape index (κ3) is 10.2. The van der Waals surface area contributed by atoms with Gasteiger partial charge in [-0.15, -0.1) is 0 Å². The van der Waals surface area contributed by atoms with Crippen molar-refractivity contribution < 1.29 is 24.5 Å². The van der Waals surface area contributed by atoms with Crippen molar-refractivity contribution in [2.75, 3.05) is 0 Å². The molecule has 1 amide bonds. The summed E-state index contributed by atoms with van der Waals surface area (Å²) in [5, 5.41) is 24.6. The SMILES string of the molecule is CC(C)C[C@H](O)[C@H](O)[C@H](CC1CCCCC1)NC(=O)[C@@H](CC(=O)OC(C)(C)C)CC1CC1. The molecule has 2 saturated carbocycles. The maximum atomic E-state index is 13.3. The van der Waals surface area contributed by atoms with Crippen LogP contribution in [0.5, 0.6) is 0 Å². The largest absolute Gasteiger partial charge is 0.460 e. The third-order valence-electron chi connectivity index (χ3n) is 6.68. The second-order valence-corrected chi connectivity index (χ2v) is 11.7. The van der Waals surface area contributed by atoms with Gasteiger partial charge in [-0.1, -0.05) is 58.8 Å². The van der Waals surface area contributed by atoms with Crippen molar-refractivity contribution in [3.8, 4) is 0 Å². The molecule has 0 aromatic heterocycles. The summed E-state index contributed by atoms with van der Waals surface area (Å²) < 4.78 is 5.47. The number of carbonyl (C=O) groups excluding carboxylic acids is 2. The van der Waals surface area contributed by atoms with E-state index in [1.165, 1.54) is 19.3 Å². The van der Waals surface area contributed by atoms with Crippen molar-refractivity contribution in [3.05, 3.63) is 0 Å². The van der Waals surface area contributed by atoms with Gasteiger partial charge in [0, 0.05) is 5.92 Å². The van der Waals surface area contributed by atoms with E-state index in [0.717, 1.165) is 25.7 Å². The monoisotopic (exact) mass is 453 g/mol. The summed E-state index contributed by atoms with van der Waals surface area (Å²) in [5.74, 6) is 0.173. The Morgan fingerprint density at radius 3 is 2.09 bits per heavy atom. The number of hydrogen-bond donors (Lipinski definition) is 3. The van der Waals surface area contributed by atoms with Crippen LogP contribution in [0.3, 0.4) is 0 Å². The molecular weight excluding hydrogens is 406 g/mol. The highest BCUT2D eigenvalue weighted by atomic mass is 16.6. The molecule has 6 nitrogen and oxygen atoms in total. The Bertz CT molecular complexity index is 590. The van der Waals surface area contributed by atoms with E-state index in [9.17, 15) is 19.8 Å². The van der Waals surface area contributed by atoms with Crippen LogP contribution in [0.25, 0.3) is 0 Å². The van der Waals surface area contributed by atoms with E-state index < -0.39 is 29.8 Å². The summed E-state index contributed by atoms with van der Waals surface area (Å²) in [6.45, 7) is 9.50. The Morgan fingerprint density at radius 1 is 0.969 bits per heavy atom. The van der Waals surface area contributed by atoms with E-state index in [-0.39, 0.29) is 24.2 Å². The fourth-order valence-corrected chi connectivity index (χ4v) is 4.88. The summed E-state index contributed by atoms with van der Waals surface area (Å²) in [6.07, 6.45) is 7.99. The first-order valence-electron chi connectivity index (χ1n) is 12.8. The van der Waals surface area contributed by atoms with Crippen LogP contribution in [-0.4, -0.2) is 45.9 Å². The minimum Gasteiger partial charge on any atom is -0.460 e. The average molecular weight is 454 g/mol. The maximum Gasteiger partial charge on any atom is 0.307 e. The van der Waals surface area contributed by atoms with Gasteiger partial charge in [-0.05, 0) is 57.8 Å². The first-order valence-corrected chi connectivity index (χ1v) is 12.8. The van der Waals surface area contributed by atoms with E-state index in [4.69, 9.17) is 4.74 Å². The van der Waals surface area contributed by atoms with E-state index >= 15 is 0 Å². The zero-order chi connectivity index (χ0) is 23.9. The Hall–Kier alpha value is -1.14. The molecule has 6 heteroatoms. The molecule has 0 radical (unpaired) electrons. The number of aliphatic hydroxyl groups is 2. The molecule has 0 aliphatic heterocycles. The lowest BCUT2D eigenvalue weighted by molar-refractivity contribution is -0.157. The number of carbonyl (C=O) groups is 2. The van der Waals surface area contributed by atoms with Gasteiger partial charge in [0.2, 0.25) is 5.91 Å². The number of amides is 1. The lowest BCUT2D eigenvalue weighted by Gasteiger charge is -2.33. The first-order chi connectivity index (χ1) is 14.9. The standard InChI is InChI=1S/C26H47NO5/c1-17(2)13-22(28)24(30)21(15-18-9-7-6-8-10-18)27-25(31)20(14-19-11-12-19)16-23(29)32-26(3,4)5/h17-22,24,28,30H,6-16H2,1-5H3,(H,27,31)/t20-,21+,22+,24-/m1/s1. The van der Waals surface area contributed by atoms with E-state index in [1.807, 2.05) is 34.6 Å². The second-order valence-electron chi connectivity index (χ2n) is 11.7. The molecule has 0 saturated heterocycles. The highest BCUT2D eigenvalue weighted by Crippen LogP contribution is 2.37. The topological polar surface area (TPSA) is 95.9 Å². The maximum absolute atomic E-state index is 13.3. The van der Waals surface area contributed by atoms with Crippen LogP contribution in [0.2, 0.25) is 0 Å². The molecule has 0 aromatic rings. The quantitative estimate of drug-likeness (QED) is 0.382. The second kappa shape index (κ2) is 12.4. The summed E-state index contributed by atoms with van der Waals surface area (Å²) >= 11 is 0. The molecule has 3 N–H and O–H groups in total. The molecule has 2 fully saturated rings. The van der Waals surface area contributed by atoms with Crippen LogP contribution in [0, 0.1) is 23.7 Å². The van der Waals surface area contributed by atoms with Crippen LogP contribution in [0.15, 0.2) is 0 Å². The molecule has 0 bridgehead atoms. The average Bonchev–Trinajstić information content (AvgIpc) is 3.49. The van der Waals surface area contributed by atoms with E-state index in [1.54, 1.807) is 0 Å². The van der Waals surface area contributed by atoms with Gasteiger partial charge in [-0.25, -0.2) is 0 Å². The molecule has 186 valence electrons. The van der Waals surface area contributed by atoms with Gasteiger partial charge in [0.1, 0.15) is 11.7 Å². The Morgan fingerprint density at radius 2 is 1.56 bits per heavy atom. The molecule has 2 aliphatic carbocycles. The van der Waals surface area contributed by atoms with Gasteiger partial charge in [0.15, 0.2) is 0 Å². The molecular formula is C26H47NO5. The zero-order valence-corrected chi connectivity index (χ0v) is 20.9. The van der Waals surface area contributed by atoms with Crippen molar-refractivity contribution in [2.24, 2.45) is 23.7 Å². The van der Waals surface area contributed by atoms with Gasteiger partial charge in [-0.3, -0.25) is 9.59 Å². The fraction of sp³-hybridized carbons (Fsp3) is 0.923. The Labute approximate surface area is 194 Å². The van der Waals surface area contributed by atoms with Crippen molar-refractivity contribution in [1.29, 1.82) is 0 Å². The first kappa shape index (κ1) is 27.1. The molecule has 2 aliphatic rings. The van der Waals surface area contributed by atoms with Crippen LogP contribution in [0.4, 0.5) is 0 Å². The third-order valence-corrected chi connectivity index (χ3v) is 6.68. The van der Waals surface area contributed by atoms with Gasteiger partial charge < -0.3 is 20.3 Å². The molecule has 32 heavy (non-hydrogen) atoms. The lowest BCUT2D eigenvalue weighted by Crippen LogP contribution is -2.51. The van der Waals surface area contributed by atoms with Crippen LogP contribution in [0.1, 0.15) is 105 Å². The zero-order valence-electron chi connectivity index (χ0n) is 20.9. The minimum absolute atomic E-state index is 0.0559. The fourth-order valence-electron chi connectivity index (χ4n) is 4.88. The molecule has 0 spiro atoms. The predicted molar refractivity (Wildman–Crippen MR) is 126 cm³/mol. The number of esters is 1. The minimum atomic E-state index is -1.01. The van der Waals surface area contributed by atoms with Crippen LogP contribution in [-0.2, 0) is 14.3 Å². The van der Waals surface area contributed by atoms with Crippen molar-refractivity contribution in [2.45, 2.75) is 129 Å². The van der Waals surface area contributed by atoms with Gasteiger partial charge >= 0.3 is 5.97 Å². The normalized spacial score (nSPS) is 21.6.